The van der Waals surface area contributed by atoms with Gasteiger partial charge in [-0.3, -0.25) is 28.8 Å². The summed E-state index contributed by atoms with van der Waals surface area (Å²) in [5.41, 5.74) is 0. The van der Waals surface area contributed by atoms with Gasteiger partial charge in [-0.25, -0.2) is 0 Å². The minimum atomic E-state index is -1.24. The molecule has 0 fully saturated rings. The third-order valence-electron chi connectivity index (χ3n) is 6.11. The monoisotopic (exact) mass is 556 g/mol. The fourth-order valence-corrected chi connectivity index (χ4v) is 3.85. The standard InChI is InChI=1S/C27H48N4O8/c1-18(2)24(30-20(32)13-14-22(34)35)26(38)28-15-11-9-7-5-6-8-10-12-16-29-27(39)25(19(3)4)31-21(33)17-23(36)37/h18-19,24-25H,5-17H2,1-4H3,(H,28,38)(H,29,39)(H,30,32)(H,31,33)(H,34,35)(H,36,37)/t24-,25-/m0/s1. The lowest BCUT2D eigenvalue weighted by atomic mass is 10.0. The van der Waals surface area contributed by atoms with E-state index < -0.39 is 42.3 Å². The van der Waals surface area contributed by atoms with Gasteiger partial charge in [0, 0.05) is 19.5 Å². The van der Waals surface area contributed by atoms with Crippen LogP contribution in [0.1, 0.15) is 98.3 Å². The van der Waals surface area contributed by atoms with Crippen molar-refractivity contribution in [2.75, 3.05) is 13.1 Å². The van der Waals surface area contributed by atoms with Gasteiger partial charge in [0.15, 0.2) is 0 Å². The molecule has 4 amide bonds. The average molecular weight is 557 g/mol. The highest BCUT2D eigenvalue weighted by Crippen LogP contribution is 2.09. The van der Waals surface area contributed by atoms with Gasteiger partial charge in [-0.2, -0.15) is 0 Å². The summed E-state index contributed by atoms with van der Waals surface area (Å²) in [6.07, 6.45) is 6.69. The zero-order chi connectivity index (χ0) is 29.8. The summed E-state index contributed by atoms with van der Waals surface area (Å²) in [5.74, 6) is -4.28. The molecule has 0 aliphatic rings. The number of unbranched alkanes of at least 4 members (excludes halogenated alkanes) is 7. The van der Waals surface area contributed by atoms with Gasteiger partial charge in [-0.05, 0) is 24.7 Å². The summed E-state index contributed by atoms with van der Waals surface area (Å²) in [7, 11) is 0. The van der Waals surface area contributed by atoms with Crippen molar-refractivity contribution in [1.29, 1.82) is 0 Å². The molecule has 0 aromatic rings. The lowest BCUT2D eigenvalue weighted by Crippen LogP contribution is -2.50. The molecule has 0 aromatic carbocycles. The zero-order valence-electron chi connectivity index (χ0n) is 23.8. The Morgan fingerprint density at radius 1 is 0.538 bits per heavy atom. The van der Waals surface area contributed by atoms with Crippen molar-refractivity contribution >= 4 is 35.6 Å². The van der Waals surface area contributed by atoms with E-state index in [9.17, 15) is 28.8 Å². The largest absolute Gasteiger partial charge is 0.481 e. The maximum absolute atomic E-state index is 12.4. The predicted octanol–water partition coefficient (Wildman–Crippen LogP) is 1.96. The first kappa shape index (κ1) is 35.8. The SMILES string of the molecule is CC(C)[C@H](NC(=O)CCC(=O)O)C(=O)NCCCCCCCCCCNC(=O)[C@@H](NC(=O)CC(=O)O)C(C)C. The van der Waals surface area contributed by atoms with Crippen LogP contribution in [-0.4, -0.2) is 71.0 Å². The fraction of sp³-hybridized carbons (Fsp3) is 0.778. The lowest BCUT2D eigenvalue weighted by molar-refractivity contribution is -0.142. The summed E-state index contributed by atoms with van der Waals surface area (Å²) in [6.45, 7) is 8.23. The van der Waals surface area contributed by atoms with Crippen LogP contribution in [0.5, 0.6) is 0 Å². The summed E-state index contributed by atoms with van der Waals surface area (Å²) >= 11 is 0. The summed E-state index contributed by atoms with van der Waals surface area (Å²) < 4.78 is 0. The number of carbonyl (C=O) groups excluding carboxylic acids is 4. The van der Waals surface area contributed by atoms with E-state index in [1.54, 1.807) is 13.8 Å². The summed E-state index contributed by atoms with van der Waals surface area (Å²) in [6, 6.07) is -1.46. The van der Waals surface area contributed by atoms with Gasteiger partial charge < -0.3 is 31.5 Å². The second kappa shape index (κ2) is 20.7. The van der Waals surface area contributed by atoms with Gasteiger partial charge in [-0.1, -0.05) is 66.2 Å². The highest BCUT2D eigenvalue weighted by Gasteiger charge is 2.25. The maximum atomic E-state index is 12.4. The molecule has 0 saturated carbocycles. The molecule has 6 N–H and O–H groups in total. The quantitative estimate of drug-likeness (QED) is 0.0861. The molecule has 12 nitrogen and oxygen atoms in total. The van der Waals surface area contributed by atoms with Crippen molar-refractivity contribution < 1.29 is 39.0 Å². The number of carboxylic acid groups (broad SMARTS) is 2. The van der Waals surface area contributed by atoms with E-state index in [0.717, 1.165) is 51.4 Å². The van der Waals surface area contributed by atoms with Crippen LogP contribution < -0.4 is 21.3 Å². The van der Waals surface area contributed by atoms with Crippen LogP contribution >= 0.6 is 0 Å². The van der Waals surface area contributed by atoms with Crippen LogP contribution in [0.25, 0.3) is 0 Å². The molecule has 0 aliphatic heterocycles. The van der Waals surface area contributed by atoms with Crippen molar-refractivity contribution in [2.24, 2.45) is 11.8 Å². The molecular weight excluding hydrogens is 508 g/mol. The molecule has 12 heteroatoms. The average Bonchev–Trinajstić information content (AvgIpc) is 2.84. The van der Waals surface area contributed by atoms with Crippen LogP contribution in [-0.2, 0) is 28.8 Å². The Morgan fingerprint density at radius 3 is 1.28 bits per heavy atom. The van der Waals surface area contributed by atoms with Crippen molar-refractivity contribution in [2.45, 2.75) is 110 Å². The number of rotatable bonds is 22. The minimum absolute atomic E-state index is 0.117. The van der Waals surface area contributed by atoms with Crippen molar-refractivity contribution in [3.05, 3.63) is 0 Å². The number of amides is 4. The second-order valence-electron chi connectivity index (χ2n) is 10.5. The molecule has 0 rings (SSSR count). The van der Waals surface area contributed by atoms with E-state index in [4.69, 9.17) is 10.2 Å². The number of hydrogen-bond donors (Lipinski definition) is 6. The molecule has 0 aliphatic carbocycles. The predicted molar refractivity (Wildman–Crippen MR) is 146 cm³/mol. The van der Waals surface area contributed by atoms with Crippen molar-refractivity contribution in [3.8, 4) is 0 Å². The van der Waals surface area contributed by atoms with Crippen LogP contribution in [0.4, 0.5) is 0 Å². The lowest BCUT2D eigenvalue weighted by Gasteiger charge is -2.21. The van der Waals surface area contributed by atoms with E-state index in [1.165, 1.54) is 0 Å². The van der Waals surface area contributed by atoms with E-state index in [1.807, 2.05) is 13.8 Å². The van der Waals surface area contributed by atoms with Gasteiger partial charge in [0.2, 0.25) is 23.6 Å². The number of nitrogens with one attached hydrogen (secondary N) is 4. The van der Waals surface area contributed by atoms with E-state index in [2.05, 4.69) is 21.3 Å². The van der Waals surface area contributed by atoms with Crippen molar-refractivity contribution in [1.82, 2.24) is 21.3 Å². The molecule has 0 unspecified atom stereocenters. The summed E-state index contributed by atoms with van der Waals surface area (Å²) in [4.78, 5) is 69.5. The molecule has 39 heavy (non-hydrogen) atoms. The third-order valence-corrected chi connectivity index (χ3v) is 6.11. The first-order valence-electron chi connectivity index (χ1n) is 13.9. The number of carboxylic acids is 2. The van der Waals surface area contributed by atoms with Gasteiger partial charge in [0.05, 0.1) is 6.42 Å². The zero-order valence-corrected chi connectivity index (χ0v) is 23.8. The molecule has 0 spiro atoms. The molecule has 0 heterocycles. The van der Waals surface area contributed by atoms with Crippen LogP contribution in [0, 0.1) is 11.8 Å². The minimum Gasteiger partial charge on any atom is -0.481 e. The Balaban J connectivity index is 3.93. The second-order valence-corrected chi connectivity index (χ2v) is 10.5. The fourth-order valence-electron chi connectivity index (χ4n) is 3.85. The Bertz CT molecular complexity index is 801. The highest BCUT2D eigenvalue weighted by molar-refractivity contribution is 5.96. The van der Waals surface area contributed by atoms with Crippen LogP contribution in [0.2, 0.25) is 0 Å². The Morgan fingerprint density at radius 2 is 0.923 bits per heavy atom. The molecule has 0 bridgehead atoms. The van der Waals surface area contributed by atoms with Gasteiger partial charge in [0.1, 0.15) is 18.5 Å². The Labute approximate surface area is 231 Å². The third kappa shape index (κ3) is 18.7. The molecule has 224 valence electrons. The van der Waals surface area contributed by atoms with Gasteiger partial charge >= 0.3 is 11.9 Å². The highest BCUT2D eigenvalue weighted by atomic mass is 16.4. The summed E-state index contributed by atoms with van der Waals surface area (Å²) in [5, 5.41) is 28.1. The molecular formula is C27H48N4O8. The molecule has 2 atom stereocenters. The maximum Gasteiger partial charge on any atom is 0.312 e. The number of carbonyl (C=O) groups is 6. The van der Waals surface area contributed by atoms with Crippen LogP contribution in [0.3, 0.4) is 0 Å². The molecule has 0 aromatic heterocycles. The van der Waals surface area contributed by atoms with E-state index in [-0.39, 0.29) is 36.5 Å². The Hall–Kier alpha value is -3.18. The van der Waals surface area contributed by atoms with Crippen molar-refractivity contribution in [3.63, 3.8) is 0 Å². The van der Waals surface area contributed by atoms with Gasteiger partial charge in [-0.15, -0.1) is 0 Å². The van der Waals surface area contributed by atoms with E-state index >= 15 is 0 Å². The smallest absolute Gasteiger partial charge is 0.312 e. The van der Waals surface area contributed by atoms with E-state index in [0.29, 0.717) is 13.1 Å². The first-order valence-corrected chi connectivity index (χ1v) is 13.9. The number of aliphatic carboxylic acids is 2. The van der Waals surface area contributed by atoms with Crippen LogP contribution in [0.15, 0.2) is 0 Å². The first-order chi connectivity index (χ1) is 18.3. The topological polar surface area (TPSA) is 191 Å². The molecule has 0 radical (unpaired) electrons. The Kier molecular flexibility index (Phi) is 19.0. The number of hydrogen-bond acceptors (Lipinski definition) is 6. The normalized spacial score (nSPS) is 12.5. The van der Waals surface area contributed by atoms with Gasteiger partial charge in [0.25, 0.3) is 0 Å². The molecule has 0 saturated heterocycles.